The number of ether oxygens (including phenoxy) is 2. The summed E-state index contributed by atoms with van der Waals surface area (Å²) in [4.78, 5) is 18.5. The van der Waals surface area contributed by atoms with Crippen LogP contribution in [0.15, 0.2) is 69.0 Å². The maximum absolute atomic E-state index is 13.6. The summed E-state index contributed by atoms with van der Waals surface area (Å²) in [5.41, 5.74) is 3.87. The standard InChI is InChI=1S/C29H27BrN4O3/c1-5-36-27-14-19(4)23(16-22(27)18(2)3)28-33-25-9-7-6-8-21(25)29(35)34(28)32-17-20-10-11-26(24(30)15-20)37-13-12-31/h6-11,14-18H,5,13H2,1-4H3. The predicted octanol–water partition coefficient (Wildman–Crippen LogP) is 6.44. The molecule has 0 bridgehead atoms. The molecule has 0 amide bonds. The third-order valence-corrected chi connectivity index (χ3v) is 6.46. The Kier molecular flexibility index (Phi) is 8.04. The minimum absolute atomic E-state index is 0.0483. The highest BCUT2D eigenvalue weighted by atomic mass is 79.9. The van der Waals surface area contributed by atoms with Crippen LogP contribution in [0.4, 0.5) is 0 Å². The lowest BCUT2D eigenvalue weighted by molar-refractivity contribution is 0.335. The molecule has 0 atom stereocenters. The van der Waals surface area contributed by atoms with Gasteiger partial charge in [0.15, 0.2) is 12.4 Å². The molecule has 1 heterocycles. The Morgan fingerprint density at radius 3 is 2.62 bits per heavy atom. The van der Waals surface area contributed by atoms with E-state index in [1.807, 2.05) is 56.3 Å². The molecule has 0 saturated carbocycles. The van der Waals surface area contributed by atoms with Gasteiger partial charge in [-0.3, -0.25) is 4.79 Å². The van der Waals surface area contributed by atoms with Gasteiger partial charge in [-0.05, 0) is 94.9 Å². The van der Waals surface area contributed by atoms with E-state index < -0.39 is 0 Å². The molecule has 37 heavy (non-hydrogen) atoms. The van der Waals surface area contributed by atoms with Gasteiger partial charge in [0.05, 0.1) is 28.2 Å². The Morgan fingerprint density at radius 1 is 1.14 bits per heavy atom. The average Bonchev–Trinajstić information content (AvgIpc) is 2.88. The lowest BCUT2D eigenvalue weighted by Gasteiger charge is -2.18. The second-order valence-corrected chi connectivity index (χ2v) is 9.60. The third kappa shape index (κ3) is 5.57. The number of nitrogens with zero attached hydrogens (tertiary/aromatic N) is 4. The highest BCUT2D eigenvalue weighted by Crippen LogP contribution is 2.34. The number of aryl methyl sites for hydroxylation is 1. The number of para-hydroxylation sites is 1. The summed E-state index contributed by atoms with van der Waals surface area (Å²) in [5.74, 6) is 2.05. The Bertz CT molecular complexity index is 1590. The second-order valence-electron chi connectivity index (χ2n) is 8.74. The van der Waals surface area contributed by atoms with Gasteiger partial charge < -0.3 is 9.47 Å². The summed E-state index contributed by atoms with van der Waals surface area (Å²) in [6.45, 7) is 8.68. The molecule has 0 aliphatic heterocycles. The SMILES string of the molecule is CCOc1cc(C)c(-c2nc3ccccc3c(=O)n2N=Cc2ccc(OCC#N)c(Br)c2)cc1C(C)C. The molecular weight excluding hydrogens is 532 g/mol. The molecule has 4 rings (SSSR count). The second kappa shape index (κ2) is 11.4. The molecular formula is C29H27BrN4O3. The molecule has 188 valence electrons. The van der Waals surface area contributed by atoms with Crippen LogP contribution in [0.1, 0.15) is 43.4 Å². The van der Waals surface area contributed by atoms with Crippen molar-refractivity contribution in [1.82, 2.24) is 9.66 Å². The molecule has 0 spiro atoms. The maximum atomic E-state index is 13.6. The molecule has 8 heteroatoms. The van der Waals surface area contributed by atoms with E-state index in [4.69, 9.17) is 19.7 Å². The first-order valence-electron chi connectivity index (χ1n) is 12.0. The van der Waals surface area contributed by atoms with Gasteiger partial charge in [0.25, 0.3) is 5.56 Å². The van der Waals surface area contributed by atoms with Crippen molar-refractivity contribution in [2.75, 3.05) is 13.2 Å². The van der Waals surface area contributed by atoms with Crippen LogP contribution in [0.25, 0.3) is 22.3 Å². The molecule has 3 aromatic carbocycles. The summed E-state index contributed by atoms with van der Waals surface area (Å²) in [7, 11) is 0. The summed E-state index contributed by atoms with van der Waals surface area (Å²) < 4.78 is 13.3. The molecule has 0 aliphatic carbocycles. The van der Waals surface area contributed by atoms with Gasteiger partial charge >= 0.3 is 0 Å². The summed E-state index contributed by atoms with van der Waals surface area (Å²) >= 11 is 3.46. The van der Waals surface area contributed by atoms with Crippen LogP contribution < -0.4 is 15.0 Å². The minimum atomic E-state index is -0.260. The monoisotopic (exact) mass is 558 g/mol. The molecule has 0 saturated heterocycles. The van der Waals surface area contributed by atoms with Gasteiger partial charge in [-0.25, -0.2) is 4.98 Å². The molecule has 0 unspecified atom stereocenters. The molecule has 7 nitrogen and oxygen atoms in total. The van der Waals surface area contributed by atoms with Crippen molar-refractivity contribution in [2.45, 2.75) is 33.6 Å². The molecule has 1 aromatic heterocycles. The first kappa shape index (κ1) is 26.1. The molecule has 0 fully saturated rings. The van der Waals surface area contributed by atoms with E-state index >= 15 is 0 Å². The molecule has 0 radical (unpaired) electrons. The Balaban J connectivity index is 1.89. The van der Waals surface area contributed by atoms with Crippen LogP contribution >= 0.6 is 15.9 Å². The number of rotatable bonds is 8. The van der Waals surface area contributed by atoms with Crippen molar-refractivity contribution in [1.29, 1.82) is 5.26 Å². The number of hydrogen-bond acceptors (Lipinski definition) is 6. The smallest absolute Gasteiger partial charge is 0.282 e. The zero-order valence-electron chi connectivity index (χ0n) is 21.2. The number of nitriles is 1. The number of aromatic nitrogens is 2. The van der Waals surface area contributed by atoms with Crippen LogP contribution in [0.2, 0.25) is 0 Å². The lowest BCUT2D eigenvalue weighted by Crippen LogP contribution is -2.20. The Hall–Kier alpha value is -3.96. The van der Waals surface area contributed by atoms with Gasteiger partial charge in [0, 0.05) is 5.56 Å². The fourth-order valence-corrected chi connectivity index (χ4v) is 4.54. The van der Waals surface area contributed by atoms with Crippen molar-refractivity contribution in [2.24, 2.45) is 5.10 Å². The Labute approximate surface area is 224 Å². The molecule has 4 aromatic rings. The highest BCUT2D eigenvalue weighted by molar-refractivity contribution is 9.10. The van der Waals surface area contributed by atoms with Crippen LogP contribution in [-0.4, -0.2) is 29.1 Å². The predicted molar refractivity (Wildman–Crippen MR) is 150 cm³/mol. The summed E-state index contributed by atoms with van der Waals surface area (Å²) in [6, 6.07) is 18.6. The first-order valence-corrected chi connectivity index (χ1v) is 12.8. The maximum Gasteiger partial charge on any atom is 0.282 e. The third-order valence-electron chi connectivity index (χ3n) is 5.84. The average molecular weight is 559 g/mol. The first-order chi connectivity index (χ1) is 17.8. The Morgan fingerprint density at radius 2 is 1.92 bits per heavy atom. The number of benzene rings is 3. The quantitative estimate of drug-likeness (QED) is 0.232. The van der Waals surface area contributed by atoms with Crippen molar-refractivity contribution in [3.05, 3.63) is 86.1 Å². The normalized spacial score (nSPS) is 11.3. The van der Waals surface area contributed by atoms with E-state index in [0.717, 1.165) is 28.0 Å². The topological polar surface area (TPSA) is 89.5 Å². The zero-order valence-corrected chi connectivity index (χ0v) is 22.7. The van der Waals surface area contributed by atoms with Gasteiger partial charge in [-0.1, -0.05) is 26.0 Å². The van der Waals surface area contributed by atoms with E-state index in [2.05, 4.69) is 34.9 Å². The molecule has 0 N–H and O–H groups in total. The van der Waals surface area contributed by atoms with Gasteiger partial charge in [0.2, 0.25) is 0 Å². The van der Waals surface area contributed by atoms with E-state index in [9.17, 15) is 4.79 Å². The zero-order chi connectivity index (χ0) is 26.5. The lowest BCUT2D eigenvalue weighted by atomic mass is 9.96. The van der Waals surface area contributed by atoms with Crippen molar-refractivity contribution < 1.29 is 9.47 Å². The van der Waals surface area contributed by atoms with Gasteiger partial charge in [-0.2, -0.15) is 15.0 Å². The van der Waals surface area contributed by atoms with Crippen molar-refractivity contribution in [3.8, 4) is 29.0 Å². The highest BCUT2D eigenvalue weighted by Gasteiger charge is 2.18. The largest absolute Gasteiger partial charge is 0.494 e. The van der Waals surface area contributed by atoms with E-state index in [1.165, 1.54) is 4.68 Å². The number of hydrogen-bond donors (Lipinski definition) is 0. The van der Waals surface area contributed by atoms with Crippen LogP contribution in [0, 0.1) is 18.3 Å². The van der Waals surface area contributed by atoms with E-state index in [-0.39, 0.29) is 18.1 Å². The molecule has 0 aliphatic rings. The van der Waals surface area contributed by atoms with Crippen molar-refractivity contribution in [3.63, 3.8) is 0 Å². The summed E-state index contributed by atoms with van der Waals surface area (Å²) in [6.07, 6.45) is 1.60. The fraction of sp³-hybridized carbons (Fsp3) is 0.241. The van der Waals surface area contributed by atoms with Crippen LogP contribution in [0.3, 0.4) is 0 Å². The number of halogens is 1. The van der Waals surface area contributed by atoms with Gasteiger partial charge in [0.1, 0.15) is 17.6 Å². The number of fused-ring (bicyclic) bond motifs is 1. The van der Waals surface area contributed by atoms with Crippen molar-refractivity contribution >= 4 is 33.0 Å². The van der Waals surface area contributed by atoms with Gasteiger partial charge in [-0.15, -0.1) is 0 Å². The van der Waals surface area contributed by atoms with E-state index in [0.29, 0.717) is 33.6 Å². The fourth-order valence-electron chi connectivity index (χ4n) is 4.02. The van der Waals surface area contributed by atoms with Crippen LogP contribution in [0.5, 0.6) is 11.5 Å². The summed E-state index contributed by atoms with van der Waals surface area (Å²) in [5, 5.41) is 13.8. The van der Waals surface area contributed by atoms with Crippen LogP contribution in [-0.2, 0) is 0 Å². The minimum Gasteiger partial charge on any atom is -0.494 e. The van der Waals surface area contributed by atoms with E-state index in [1.54, 1.807) is 24.4 Å².